The molecule has 0 radical (unpaired) electrons. The van der Waals surface area contributed by atoms with Crippen molar-refractivity contribution in [1.82, 2.24) is 0 Å². The van der Waals surface area contributed by atoms with Gasteiger partial charge in [0.1, 0.15) is 9.23 Å². The van der Waals surface area contributed by atoms with Gasteiger partial charge in [0.15, 0.2) is 0 Å². The van der Waals surface area contributed by atoms with Crippen LogP contribution in [-0.4, -0.2) is 14.2 Å². The van der Waals surface area contributed by atoms with Gasteiger partial charge in [0, 0.05) is 4.90 Å². The molecule has 1 N–H and O–H groups in total. The summed E-state index contributed by atoms with van der Waals surface area (Å²) in [7, 11) is -4.00. The summed E-state index contributed by atoms with van der Waals surface area (Å²) in [4.78, 5) is -0.0652. The van der Waals surface area contributed by atoms with Crippen LogP contribution in [0, 0.1) is 0 Å². The quantitative estimate of drug-likeness (QED) is 0.717. The van der Waals surface area contributed by atoms with Crippen molar-refractivity contribution in [3.8, 4) is 0 Å². The van der Waals surface area contributed by atoms with Crippen LogP contribution in [0.15, 0.2) is 40.1 Å². The highest BCUT2D eigenvalue weighted by Gasteiger charge is 2.22. The van der Waals surface area contributed by atoms with Gasteiger partial charge >= 0.3 is 0 Å². The first-order valence-corrected chi connectivity index (χ1v) is 9.24. The van der Waals surface area contributed by atoms with Crippen molar-refractivity contribution >= 4 is 62.0 Å². The zero-order valence-corrected chi connectivity index (χ0v) is 14.0. The molecule has 0 bridgehead atoms. The van der Waals surface area contributed by atoms with Crippen molar-refractivity contribution in [2.24, 2.45) is 0 Å². The Morgan fingerprint density at radius 1 is 1.24 bits per heavy atom. The van der Waals surface area contributed by atoms with Gasteiger partial charge < -0.3 is 0 Å². The first kappa shape index (κ1) is 16.8. The lowest BCUT2D eigenvalue weighted by molar-refractivity contribution is 0.252. The summed E-state index contributed by atoms with van der Waals surface area (Å²) in [5.41, 5.74) is 0.0567. The van der Waals surface area contributed by atoms with Crippen LogP contribution in [0.1, 0.15) is 0 Å². The lowest BCUT2D eigenvalue weighted by atomic mass is 10.3. The molecule has 1 aromatic heterocycles. The van der Waals surface area contributed by atoms with Crippen molar-refractivity contribution in [1.29, 1.82) is 0 Å². The number of hydrogen-bond donors (Lipinski definition) is 1. The Morgan fingerprint density at radius 3 is 2.48 bits per heavy atom. The molecule has 0 saturated carbocycles. The van der Waals surface area contributed by atoms with Gasteiger partial charge in [-0.2, -0.15) is 8.78 Å². The van der Waals surface area contributed by atoms with E-state index in [0.717, 1.165) is 11.3 Å². The molecule has 3 nitrogen and oxygen atoms in total. The normalized spacial score (nSPS) is 11.9. The highest BCUT2D eigenvalue weighted by Crippen LogP contribution is 2.37. The standard InChI is InChI=1S/C11H7Cl2F2NO2S3/c12-9-5-8(10(13)20-9)21(17,18)16-6-3-1-2-4-7(6)19-11(14)15/h1-5,11,16H. The van der Waals surface area contributed by atoms with Crippen molar-refractivity contribution in [3.63, 3.8) is 0 Å². The number of sulfonamides is 1. The summed E-state index contributed by atoms with van der Waals surface area (Å²) < 4.78 is 51.9. The molecule has 2 aromatic rings. The summed E-state index contributed by atoms with van der Waals surface area (Å²) in [6.45, 7) is 0. The number of anilines is 1. The van der Waals surface area contributed by atoms with Gasteiger partial charge in [0.25, 0.3) is 15.8 Å². The smallest absolute Gasteiger partial charge is 0.278 e. The number of thioether (sulfide) groups is 1. The molecule has 114 valence electrons. The second-order valence-corrected chi connectivity index (χ2v) is 8.64. The van der Waals surface area contributed by atoms with E-state index in [0.29, 0.717) is 0 Å². The van der Waals surface area contributed by atoms with Gasteiger partial charge in [-0.15, -0.1) is 11.3 Å². The fourth-order valence-electron chi connectivity index (χ4n) is 1.46. The maximum Gasteiger partial charge on any atom is 0.288 e. The van der Waals surface area contributed by atoms with Gasteiger partial charge in [-0.25, -0.2) is 8.42 Å². The van der Waals surface area contributed by atoms with Crippen LogP contribution < -0.4 is 4.72 Å². The zero-order valence-electron chi connectivity index (χ0n) is 10.0. The Hall–Kier alpha value is -0.540. The average molecular weight is 390 g/mol. The summed E-state index contributed by atoms with van der Waals surface area (Å²) in [6.07, 6.45) is 0. The first-order chi connectivity index (χ1) is 9.79. The number of nitrogens with one attached hydrogen (secondary N) is 1. The second-order valence-electron chi connectivity index (χ2n) is 3.67. The van der Waals surface area contributed by atoms with E-state index in [9.17, 15) is 17.2 Å². The van der Waals surface area contributed by atoms with E-state index < -0.39 is 15.8 Å². The third-order valence-corrected chi connectivity index (χ3v) is 6.17. The van der Waals surface area contributed by atoms with E-state index in [1.807, 2.05) is 0 Å². The molecule has 1 aromatic carbocycles. The molecule has 1 heterocycles. The molecule has 0 atom stereocenters. The van der Waals surface area contributed by atoms with E-state index >= 15 is 0 Å². The highest BCUT2D eigenvalue weighted by atomic mass is 35.5. The lowest BCUT2D eigenvalue weighted by Crippen LogP contribution is -2.13. The van der Waals surface area contributed by atoms with Crippen LogP contribution in [0.2, 0.25) is 8.67 Å². The summed E-state index contributed by atoms with van der Waals surface area (Å²) in [6, 6.07) is 7.08. The summed E-state index contributed by atoms with van der Waals surface area (Å²) in [5, 5.41) is 0. The van der Waals surface area contributed by atoms with E-state index in [1.165, 1.54) is 30.3 Å². The molecular formula is C11H7Cl2F2NO2S3. The Balaban J connectivity index is 2.35. The fourth-order valence-corrected chi connectivity index (χ4v) is 5.35. The maximum absolute atomic E-state index is 12.5. The number of rotatable bonds is 5. The molecule has 21 heavy (non-hydrogen) atoms. The average Bonchev–Trinajstić information content (AvgIpc) is 2.71. The maximum atomic E-state index is 12.5. The van der Waals surface area contributed by atoms with Crippen molar-refractivity contribution in [2.45, 2.75) is 15.5 Å². The molecule has 0 aliphatic carbocycles. The molecule has 0 spiro atoms. The monoisotopic (exact) mass is 389 g/mol. The van der Waals surface area contributed by atoms with Crippen molar-refractivity contribution in [3.05, 3.63) is 39.0 Å². The number of benzene rings is 1. The Kier molecular flexibility index (Phi) is 5.37. The van der Waals surface area contributed by atoms with Gasteiger partial charge in [0.2, 0.25) is 0 Å². The number of alkyl halides is 2. The van der Waals surface area contributed by atoms with Crippen molar-refractivity contribution in [2.75, 3.05) is 4.72 Å². The number of hydrogen-bond acceptors (Lipinski definition) is 4. The van der Waals surface area contributed by atoms with Gasteiger partial charge in [-0.3, -0.25) is 4.72 Å². The highest BCUT2D eigenvalue weighted by molar-refractivity contribution is 8.00. The molecule has 0 saturated heterocycles. The molecule has 0 fully saturated rings. The molecule has 0 aliphatic rings. The fraction of sp³-hybridized carbons (Fsp3) is 0.0909. The third kappa shape index (κ3) is 4.23. The van der Waals surface area contributed by atoms with E-state index in [2.05, 4.69) is 4.72 Å². The molecule has 10 heteroatoms. The van der Waals surface area contributed by atoms with E-state index in [-0.39, 0.29) is 35.9 Å². The second kappa shape index (κ2) is 6.70. The zero-order chi connectivity index (χ0) is 15.6. The van der Waals surface area contributed by atoms with Crippen LogP contribution in [0.3, 0.4) is 0 Å². The Morgan fingerprint density at radius 2 is 1.90 bits per heavy atom. The minimum Gasteiger partial charge on any atom is -0.278 e. The minimum atomic E-state index is -4.00. The van der Waals surface area contributed by atoms with Gasteiger partial charge in [-0.1, -0.05) is 47.1 Å². The summed E-state index contributed by atoms with van der Waals surface area (Å²) in [5.74, 6) is -2.66. The predicted octanol–water partition coefficient (Wildman–Crippen LogP) is 5.17. The van der Waals surface area contributed by atoms with E-state index in [4.69, 9.17) is 23.2 Å². The van der Waals surface area contributed by atoms with Gasteiger partial charge in [0.05, 0.1) is 10.0 Å². The minimum absolute atomic E-state index is 0.00601. The topological polar surface area (TPSA) is 46.2 Å². The van der Waals surface area contributed by atoms with Crippen LogP contribution in [0.4, 0.5) is 14.5 Å². The first-order valence-electron chi connectivity index (χ1n) is 5.31. The molecule has 0 aliphatic heterocycles. The number of para-hydroxylation sites is 1. The SMILES string of the molecule is O=S(=O)(Nc1ccccc1SC(F)F)c1cc(Cl)sc1Cl. The van der Waals surface area contributed by atoms with Crippen LogP contribution >= 0.6 is 46.3 Å². The van der Waals surface area contributed by atoms with Gasteiger partial charge in [-0.05, 0) is 18.2 Å². The largest absolute Gasteiger partial charge is 0.288 e. The molecule has 0 unspecified atom stereocenters. The van der Waals surface area contributed by atoms with Crippen molar-refractivity contribution < 1.29 is 17.2 Å². The lowest BCUT2D eigenvalue weighted by Gasteiger charge is -2.11. The Labute approximate surface area is 138 Å². The van der Waals surface area contributed by atoms with Crippen LogP contribution in [0.25, 0.3) is 0 Å². The molecule has 2 rings (SSSR count). The number of halogens is 4. The summed E-state index contributed by atoms with van der Waals surface area (Å²) >= 11 is 12.7. The van der Waals surface area contributed by atoms with Crippen LogP contribution in [0.5, 0.6) is 0 Å². The van der Waals surface area contributed by atoms with Crippen LogP contribution in [-0.2, 0) is 10.0 Å². The van der Waals surface area contributed by atoms with E-state index in [1.54, 1.807) is 0 Å². The Bertz CT molecular complexity index is 750. The predicted molar refractivity (Wildman–Crippen MR) is 83.5 cm³/mol. The molecular weight excluding hydrogens is 383 g/mol. The third-order valence-electron chi connectivity index (χ3n) is 2.26. The molecule has 0 amide bonds. The number of thiophene rings is 1.